The topological polar surface area (TPSA) is 93.1 Å². The molecule has 0 radical (unpaired) electrons. The Hall–Kier alpha value is -2.84. The van der Waals surface area contributed by atoms with Gasteiger partial charge < -0.3 is 9.88 Å². The van der Waals surface area contributed by atoms with Crippen molar-refractivity contribution >= 4 is 33.2 Å². The molecule has 0 bridgehead atoms. The van der Waals surface area contributed by atoms with Crippen LogP contribution < -0.4 is 10.0 Å². The van der Waals surface area contributed by atoms with Gasteiger partial charge in [-0.15, -0.1) is 0 Å². The van der Waals surface area contributed by atoms with Crippen LogP contribution in [-0.2, 0) is 17.1 Å². The Balaban J connectivity index is 1.85. The number of benzene rings is 2. The maximum Gasteiger partial charge on any atom is 0.252 e. The third-order valence-corrected chi connectivity index (χ3v) is 4.90. The van der Waals surface area contributed by atoms with Crippen molar-refractivity contribution in [3.63, 3.8) is 0 Å². The minimum absolute atomic E-state index is 0.311. The van der Waals surface area contributed by atoms with E-state index in [0.29, 0.717) is 22.1 Å². The van der Waals surface area contributed by atoms with Crippen molar-refractivity contribution in [2.75, 3.05) is 11.0 Å². The smallest absolute Gasteiger partial charge is 0.252 e. The van der Waals surface area contributed by atoms with Gasteiger partial charge in [0, 0.05) is 35.7 Å². The summed E-state index contributed by atoms with van der Waals surface area (Å²) in [5.41, 5.74) is 1.62. The summed E-state index contributed by atoms with van der Waals surface area (Å²) in [5, 5.41) is 3.58. The Morgan fingerprint density at radius 1 is 1.11 bits per heavy atom. The van der Waals surface area contributed by atoms with E-state index in [1.54, 1.807) is 36.7 Å². The van der Waals surface area contributed by atoms with E-state index in [4.69, 9.17) is 11.6 Å². The first-order chi connectivity index (χ1) is 13.2. The summed E-state index contributed by atoms with van der Waals surface area (Å²) >= 11 is 5.98. The van der Waals surface area contributed by atoms with Gasteiger partial charge in [0.1, 0.15) is 11.9 Å². The highest BCUT2D eigenvalue weighted by atomic mass is 35.5. The van der Waals surface area contributed by atoms with Gasteiger partial charge in [-0.25, -0.2) is 13.4 Å². The summed E-state index contributed by atoms with van der Waals surface area (Å²) in [6, 6.07) is 12.9. The van der Waals surface area contributed by atoms with Crippen molar-refractivity contribution in [1.82, 2.24) is 14.9 Å². The molecule has 2 aromatic carbocycles. The zero-order valence-electron chi connectivity index (χ0n) is 15.3. The molecule has 0 unspecified atom stereocenters. The van der Waals surface area contributed by atoms with E-state index in [9.17, 15) is 13.2 Å². The number of halogens is 1. The number of amides is 1. The first kappa shape index (κ1) is 19.9. The second-order valence-electron chi connectivity index (χ2n) is 6.31. The van der Waals surface area contributed by atoms with E-state index in [1.807, 2.05) is 23.7 Å². The molecule has 0 aliphatic carbocycles. The van der Waals surface area contributed by atoms with Crippen molar-refractivity contribution in [1.29, 1.82) is 0 Å². The normalized spacial score (nSPS) is 12.4. The largest absolute Gasteiger partial charge is 0.338 e. The van der Waals surface area contributed by atoms with Crippen LogP contribution in [0.1, 0.15) is 27.8 Å². The van der Waals surface area contributed by atoms with Crippen molar-refractivity contribution < 1.29 is 13.2 Å². The molecule has 0 fully saturated rings. The predicted molar refractivity (Wildman–Crippen MR) is 109 cm³/mol. The van der Waals surface area contributed by atoms with Gasteiger partial charge in [0.15, 0.2) is 0 Å². The Morgan fingerprint density at radius 2 is 1.75 bits per heavy atom. The maximum absolute atomic E-state index is 12.8. The summed E-state index contributed by atoms with van der Waals surface area (Å²) in [6.45, 7) is 0. The second-order valence-corrected chi connectivity index (χ2v) is 8.49. The Labute approximate surface area is 168 Å². The average Bonchev–Trinajstić information content (AvgIpc) is 3.05. The standard InChI is InChI=1S/C19H19ClN4O3S/c1-24-12-11-21-18(24)17(13-3-7-15(20)8-4-13)22-19(25)14-5-9-16(10-6-14)23-28(2,26)27/h3-12,17,23H,1-2H3,(H,22,25)/t17-/m1/s1. The number of hydrogen-bond donors (Lipinski definition) is 2. The van der Waals surface area contributed by atoms with Crippen LogP contribution in [0.2, 0.25) is 5.02 Å². The highest BCUT2D eigenvalue weighted by Gasteiger charge is 2.21. The van der Waals surface area contributed by atoms with Gasteiger partial charge in [-0.05, 0) is 42.0 Å². The number of imidazole rings is 1. The molecule has 1 aromatic heterocycles. The van der Waals surface area contributed by atoms with Gasteiger partial charge in [0.2, 0.25) is 10.0 Å². The van der Waals surface area contributed by atoms with Gasteiger partial charge in [-0.2, -0.15) is 0 Å². The van der Waals surface area contributed by atoms with Crippen LogP contribution in [0.15, 0.2) is 60.9 Å². The summed E-state index contributed by atoms with van der Waals surface area (Å²) in [5.74, 6) is 0.361. The van der Waals surface area contributed by atoms with Crippen molar-refractivity contribution in [3.8, 4) is 0 Å². The lowest BCUT2D eigenvalue weighted by Gasteiger charge is -2.19. The molecule has 1 atom stereocenters. The van der Waals surface area contributed by atoms with Crippen LogP contribution in [-0.4, -0.2) is 30.1 Å². The lowest BCUT2D eigenvalue weighted by Crippen LogP contribution is -2.31. The van der Waals surface area contributed by atoms with E-state index in [0.717, 1.165) is 11.8 Å². The van der Waals surface area contributed by atoms with Gasteiger partial charge in [-0.3, -0.25) is 9.52 Å². The van der Waals surface area contributed by atoms with Crippen molar-refractivity contribution in [3.05, 3.63) is 82.9 Å². The number of hydrogen-bond acceptors (Lipinski definition) is 4. The van der Waals surface area contributed by atoms with Gasteiger partial charge in [0.05, 0.1) is 6.26 Å². The van der Waals surface area contributed by atoms with Gasteiger partial charge >= 0.3 is 0 Å². The van der Waals surface area contributed by atoms with Gasteiger partial charge in [-0.1, -0.05) is 23.7 Å². The van der Waals surface area contributed by atoms with Crippen LogP contribution in [0.5, 0.6) is 0 Å². The molecule has 3 aromatic rings. The molecular weight excluding hydrogens is 400 g/mol. The Kier molecular flexibility index (Phi) is 5.71. The minimum atomic E-state index is -3.38. The van der Waals surface area contributed by atoms with E-state index in [2.05, 4.69) is 15.0 Å². The van der Waals surface area contributed by atoms with Crippen molar-refractivity contribution in [2.24, 2.45) is 7.05 Å². The molecule has 0 spiro atoms. The summed E-state index contributed by atoms with van der Waals surface area (Å²) in [4.78, 5) is 17.1. The van der Waals surface area contributed by atoms with E-state index >= 15 is 0 Å². The summed E-state index contributed by atoms with van der Waals surface area (Å²) in [7, 11) is -1.53. The van der Waals surface area contributed by atoms with Crippen LogP contribution in [0.3, 0.4) is 0 Å². The fourth-order valence-electron chi connectivity index (χ4n) is 2.73. The highest BCUT2D eigenvalue weighted by molar-refractivity contribution is 7.92. The number of rotatable bonds is 6. The molecule has 1 heterocycles. The third-order valence-electron chi connectivity index (χ3n) is 4.05. The van der Waals surface area contributed by atoms with Crippen LogP contribution >= 0.6 is 11.6 Å². The Bertz CT molecular complexity index is 1080. The molecular formula is C19H19ClN4O3S. The molecule has 28 heavy (non-hydrogen) atoms. The molecule has 1 amide bonds. The lowest BCUT2D eigenvalue weighted by molar-refractivity contribution is 0.0941. The lowest BCUT2D eigenvalue weighted by atomic mass is 10.1. The summed E-state index contributed by atoms with van der Waals surface area (Å²) in [6.07, 6.45) is 4.53. The van der Waals surface area contributed by atoms with Crippen LogP contribution in [0, 0.1) is 0 Å². The van der Waals surface area contributed by atoms with E-state index < -0.39 is 16.1 Å². The van der Waals surface area contributed by atoms with E-state index in [-0.39, 0.29) is 5.91 Å². The van der Waals surface area contributed by atoms with Crippen LogP contribution in [0.25, 0.3) is 0 Å². The third kappa shape index (κ3) is 4.90. The fraction of sp³-hybridized carbons (Fsp3) is 0.158. The summed E-state index contributed by atoms with van der Waals surface area (Å²) < 4.78 is 26.8. The quantitative estimate of drug-likeness (QED) is 0.643. The van der Waals surface area contributed by atoms with Crippen molar-refractivity contribution in [2.45, 2.75) is 6.04 Å². The molecule has 0 saturated heterocycles. The highest BCUT2D eigenvalue weighted by Crippen LogP contribution is 2.23. The van der Waals surface area contributed by atoms with Gasteiger partial charge in [0.25, 0.3) is 5.91 Å². The molecule has 3 rings (SSSR count). The Morgan fingerprint density at radius 3 is 2.29 bits per heavy atom. The number of aromatic nitrogens is 2. The molecule has 146 valence electrons. The monoisotopic (exact) mass is 418 g/mol. The minimum Gasteiger partial charge on any atom is -0.338 e. The molecule has 0 aliphatic rings. The molecule has 2 N–H and O–H groups in total. The average molecular weight is 419 g/mol. The first-order valence-electron chi connectivity index (χ1n) is 8.34. The number of carbonyl (C=O) groups is 1. The SMILES string of the molecule is Cn1ccnc1[C@H](NC(=O)c1ccc(NS(C)(=O)=O)cc1)c1ccc(Cl)cc1. The first-order valence-corrected chi connectivity index (χ1v) is 10.6. The zero-order valence-corrected chi connectivity index (χ0v) is 16.8. The maximum atomic E-state index is 12.8. The second kappa shape index (κ2) is 8.04. The number of sulfonamides is 1. The molecule has 0 aliphatic heterocycles. The molecule has 9 heteroatoms. The number of carbonyl (C=O) groups excluding carboxylic acids is 1. The molecule has 0 saturated carbocycles. The molecule has 7 nitrogen and oxygen atoms in total. The predicted octanol–water partition coefficient (Wildman–Crippen LogP) is 2.96. The van der Waals surface area contributed by atoms with Crippen LogP contribution in [0.4, 0.5) is 5.69 Å². The van der Waals surface area contributed by atoms with E-state index in [1.165, 1.54) is 12.1 Å². The number of anilines is 1. The zero-order chi connectivity index (χ0) is 20.3. The number of nitrogens with one attached hydrogen (secondary N) is 2. The number of nitrogens with zero attached hydrogens (tertiary/aromatic N) is 2. The fourth-order valence-corrected chi connectivity index (χ4v) is 3.42. The number of aryl methyl sites for hydroxylation is 1.